The lowest BCUT2D eigenvalue weighted by molar-refractivity contribution is -0.0771. The molecule has 0 aromatic carbocycles. The molecule has 1 amide bonds. The highest BCUT2D eigenvalue weighted by Crippen LogP contribution is 2.27. The van der Waals surface area contributed by atoms with E-state index in [-0.39, 0.29) is 11.8 Å². The molecule has 9 nitrogen and oxygen atoms in total. The molecule has 0 radical (unpaired) electrons. The molecule has 146 valence electrons. The summed E-state index contributed by atoms with van der Waals surface area (Å²) in [4.78, 5) is 33.0. The summed E-state index contributed by atoms with van der Waals surface area (Å²) < 4.78 is 0. The van der Waals surface area contributed by atoms with Gasteiger partial charge in [-0.15, -0.1) is 11.3 Å². The van der Waals surface area contributed by atoms with Crippen LogP contribution in [0.2, 0.25) is 0 Å². The number of hydrogen-bond acceptors (Lipinski definition) is 9. The summed E-state index contributed by atoms with van der Waals surface area (Å²) in [5.41, 5.74) is 1.31. The Morgan fingerprint density at radius 1 is 1.39 bits per heavy atom. The lowest BCUT2D eigenvalue weighted by Gasteiger charge is -2.30. The van der Waals surface area contributed by atoms with Gasteiger partial charge in [0, 0.05) is 24.0 Å². The van der Waals surface area contributed by atoms with Crippen LogP contribution >= 0.6 is 11.3 Å². The number of likely N-dealkylation sites (tertiary alicyclic amines) is 1. The first-order valence-corrected chi connectivity index (χ1v) is 10.2. The number of rotatable bonds is 5. The van der Waals surface area contributed by atoms with Gasteiger partial charge in [0.25, 0.3) is 5.91 Å². The molecule has 0 unspecified atom stereocenters. The summed E-state index contributed by atoms with van der Waals surface area (Å²) in [6, 6.07) is 4.14. The van der Waals surface area contributed by atoms with Crippen molar-refractivity contribution in [2.45, 2.75) is 25.2 Å². The van der Waals surface area contributed by atoms with Gasteiger partial charge < -0.3 is 5.32 Å². The van der Waals surface area contributed by atoms with E-state index in [0.29, 0.717) is 36.5 Å². The lowest BCUT2D eigenvalue weighted by atomic mass is 9.94. The number of hydrogen-bond donors (Lipinski definition) is 1. The van der Waals surface area contributed by atoms with E-state index in [1.807, 2.05) is 6.07 Å². The molecule has 0 saturated carbocycles. The molecule has 28 heavy (non-hydrogen) atoms. The molecule has 4 heterocycles. The van der Waals surface area contributed by atoms with Crippen LogP contribution in [-0.4, -0.2) is 63.6 Å². The Balaban J connectivity index is 1.42. The normalized spacial score (nSPS) is 20.1. The van der Waals surface area contributed by atoms with E-state index in [4.69, 9.17) is 10.1 Å². The van der Waals surface area contributed by atoms with E-state index in [1.54, 1.807) is 11.6 Å². The minimum absolute atomic E-state index is 0.226. The quantitative estimate of drug-likeness (QED) is 0.762. The van der Waals surface area contributed by atoms with Gasteiger partial charge in [0.05, 0.1) is 31.5 Å². The zero-order chi connectivity index (χ0) is 19.3. The van der Waals surface area contributed by atoms with E-state index < -0.39 is 0 Å². The Morgan fingerprint density at radius 3 is 3.14 bits per heavy atom. The van der Waals surface area contributed by atoms with Gasteiger partial charge in [-0.1, -0.05) is 0 Å². The van der Waals surface area contributed by atoms with Crippen molar-refractivity contribution in [3.63, 3.8) is 0 Å². The molecule has 2 aromatic rings. The van der Waals surface area contributed by atoms with Crippen molar-refractivity contribution in [1.29, 1.82) is 5.26 Å². The molecule has 0 spiro atoms. The number of nitrogens with one attached hydrogen (secondary N) is 1. The zero-order valence-corrected chi connectivity index (χ0v) is 16.2. The first kappa shape index (κ1) is 18.7. The molecular formula is C18H21N7O2S. The Morgan fingerprint density at radius 2 is 2.32 bits per heavy atom. The van der Waals surface area contributed by atoms with E-state index in [2.05, 4.69) is 31.2 Å². The van der Waals surface area contributed by atoms with Crippen LogP contribution in [0.25, 0.3) is 0 Å². The number of nitriles is 1. The fraction of sp³-hybridized carbons (Fsp3) is 0.500. The minimum Gasteiger partial charge on any atom is -0.300 e. The first-order valence-electron chi connectivity index (χ1n) is 9.32. The molecule has 2 aliphatic rings. The summed E-state index contributed by atoms with van der Waals surface area (Å²) >= 11 is 1.33. The summed E-state index contributed by atoms with van der Waals surface area (Å²) in [5.74, 6) is 0.517. The third kappa shape index (κ3) is 4.27. The number of hydroxylamine groups is 2. The SMILES string of the molecule is N#CCN1CCC[C@H](c2ccnc(Nc3nc(C(=O)N4CCCO4)cs3)n2)C1. The zero-order valence-electron chi connectivity index (χ0n) is 15.4. The third-order valence-electron chi connectivity index (χ3n) is 4.82. The number of carbonyl (C=O) groups is 1. The molecule has 1 N–H and O–H groups in total. The number of amides is 1. The van der Waals surface area contributed by atoms with Crippen molar-refractivity contribution < 1.29 is 9.63 Å². The summed E-state index contributed by atoms with van der Waals surface area (Å²) in [6.45, 7) is 3.39. The van der Waals surface area contributed by atoms with E-state index in [9.17, 15) is 4.79 Å². The largest absolute Gasteiger partial charge is 0.300 e. The number of aromatic nitrogens is 3. The Hall–Kier alpha value is -2.61. The van der Waals surface area contributed by atoms with Crippen LogP contribution in [0.3, 0.4) is 0 Å². The third-order valence-corrected chi connectivity index (χ3v) is 5.57. The van der Waals surface area contributed by atoms with Gasteiger partial charge in [-0.2, -0.15) is 5.26 Å². The molecule has 2 aliphatic heterocycles. The second-order valence-electron chi connectivity index (χ2n) is 6.79. The van der Waals surface area contributed by atoms with Gasteiger partial charge in [-0.05, 0) is 31.9 Å². The van der Waals surface area contributed by atoms with Gasteiger partial charge in [-0.25, -0.2) is 20.0 Å². The van der Waals surface area contributed by atoms with Crippen molar-refractivity contribution in [2.24, 2.45) is 0 Å². The number of piperidine rings is 1. The molecule has 4 rings (SSSR count). The van der Waals surface area contributed by atoms with Crippen LogP contribution in [0.15, 0.2) is 17.6 Å². The highest BCUT2D eigenvalue weighted by atomic mass is 32.1. The van der Waals surface area contributed by atoms with Crippen molar-refractivity contribution >= 4 is 28.3 Å². The smallest absolute Gasteiger partial charge is 0.296 e. The predicted molar refractivity (Wildman–Crippen MR) is 103 cm³/mol. The molecule has 2 fully saturated rings. The number of anilines is 2. The van der Waals surface area contributed by atoms with Gasteiger partial charge in [0.15, 0.2) is 5.13 Å². The molecule has 0 bridgehead atoms. The molecule has 0 aliphatic carbocycles. The molecule has 2 saturated heterocycles. The van der Waals surface area contributed by atoms with E-state index >= 15 is 0 Å². The Bertz CT molecular complexity index is 875. The van der Waals surface area contributed by atoms with Gasteiger partial charge in [0.1, 0.15) is 5.69 Å². The fourth-order valence-electron chi connectivity index (χ4n) is 3.46. The van der Waals surface area contributed by atoms with Crippen LogP contribution in [0.4, 0.5) is 11.1 Å². The average Bonchev–Trinajstić information content (AvgIpc) is 3.41. The minimum atomic E-state index is -0.226. The van der Waals surface area contributed by atoms with Crippen LogP contribution in [-0.2, 0) is 4.84 Å². The maximum Gasteiger partial charge on any atom is 0.296 e. The van der Waals surface area contributed by atoms with Crippen LogP contribution < -0.4 is 5.32 Å². The highest BCUT2D eigenvalue weighted by Gasteiger charge is 2.24. The summed E-state index contributed by atoms with van der Waals surface area (Å²) in [7, 11) is 0. The predicted octanol–water partition coefficient (Wildman–Crippen LogP) is 2.16. The van der Waals surface area contributed by atoms with Gasteiger partial charge >= 0.3 is 0 Å². The lowest BCUT2D eigenvalue weighted by Crippen LogP contribution is -2.34. The van der Waals surface area contributed by atoms with Gasteiger partial charge in [0.2, 0.25) is 5.95 Å². The molecule has 2 aromatic heterocycles. The number of carbonyl (C=O) groups excluding carboxylic acids is 1. The Labute approximate surface area is 166 Å². The van der Waals surface area contributed by atoms with Crippen LogP contribution in [0, 0.1) is 11.3 Å². The second-order valence-corrected chi connectivity index (χ2v) is 7.65. The topological polar surface area (TPSA) is 107 Å². The van der Waals surface area contributed by atoms with E-state index in [1.165, 1.54) is 16.4 Å². The Kier molecular flexibility index (Phi) is 5.76. The van der Waals surface area contributed by atoms with Crippen LogP contribution in [0.5, 0.6) is 0 Å². The number of thiazole rings is 1. The standard InChI is InChI=1S/C18H21N7O2S/c19-5-9-24-7-1-3-13(11-24)14-4-6-20-17(21-14)23-18-22-15(12-28-18)16(26)25-8-2-10-27-25/h4,6,12-13H,1-3,7-11H2,(H,20,21,22,23)/t13-/m0/s1. The van der Waals surface area contributed by atoms with E-state index in [0.717, 1.165) is 38.0 Å². The van der Waals surface area contributed by atoms with Crippen molar-refractivity contribution in [3.8, 4) is 6.07 Å². The average molecular weight is 399 g/mol. The summed E-state index contributed by atoms with van der Waals surface area (Å²) in [5, 5.41) is 15.6. The maximum absolute atomic E-state index is 12.3. The van der Waals surface area contributed by atoms with Gasteiger partial charge in [-0.3, -0.25) is 14.5 Å². The fourth-order valence-corrected chi connectivity index (χ4v) is 4.14. The molecule has 10 heteroatoms. The monoisotopic (exact) mass is 399 g/mol. The maximum atomic E-state index is 12.3. The van der Waals surface area contributed by atoms with Crippen LogP contribution in [0.1, 0.15) is 41.4 Å². The summed E-state index contributed by atoms with van der Waals surface area (Å²) in [6.07, 6.45) is 4.67. The van der Waals surface area contributed by atoms with Crippen molar-refractivity contribution in [1.82, 2.24) is 24.9 Å². The highest BCUT2D eigenvalue weighted by molar-refractivity contribution is 7.14. The first-order chi connectivity index (χ1) is 13.7. The van der Waals surface area contributed by atoms with Crippen molar-refractivity contribution in [2.75, 3.05) is 38.1 Å². The van der Waals surface area contributed by atoms with Crippen molar-refractivity contribution in [3.05, 3.63) is 29.0 Å². The molecular weight excluding hydrogens is 378 g/mol. The number of nitrogens with zero attached hydrogens (tertiary/aromatic N) is 6. The second kappa shape index (κ2) is 8.60. The molecule has 1 atom stereocenters.